The molecule has 1 aliphatic rings. The van der Waals surface area contributed by atoms with Gasteiger partial charge in [-0.3, -0.25) is 9.11 Å². The van der Waals surface area contributed by atoms with Crippen molar-refractivity contribution in [2.24, 2.45) is 0 Å². The number of thiazole rings is 1. The molecule has 2 heterocycles. The molecule has 3 aromatic carbocycles. The van der Waals surface area contributed by atoms with Crippen molar-refractivity contribution in [2.75, 3.05) is 24.3 Å². The molecule has 0 saturated carbocycles. The molecule has 2 N–H and O–H groups in total. The highest BCUT2D eigenvalue weighted by Crippen LogP contribution is 2.48. The molecule has 0 aliphatic carbocycles. The van der Waals surface area contributed by atoms with Gasteiger partial charge in [0, 0.05) is 30.0 Å². The normalized spacial score (nSPS) is 15.3. The second-order valence-corrected chi connectivity index (χ2v) is 14.9. The Morgan fingerprint density at radius 1 is 1.07 bits per heavy atom. The van der Waals surface area contributed by atoms with Crippen LogP contribution in [0.1, 0.15) is 24.8 Å². The number of methoxy groups -OCH3 is 1. The van der Waals surface area contributed by atoms with Crippen molar-refractivity contribution in [3.8, 4) is 5.75 Å². The molecule has 226 valence electrons. The Morgan fingerprint density at radius 3 is 2.58 bits per heavy atom. The molecule has 13 heteroatoms. The maximum absolute atomic E-state index is 11.5. The molecule has 4 aromatic rings. The van der Waals surface area contributed by atoms with Crippen LogP contribution in [0.4, 0.5) is 5.69 Å². The lowest BCUT2D eigenvalue weighted by Crippen LogP contribution is -2.36. The van der Waals surface area contributed by atoms with Crippen molar-refractivity contribution in [3.05, 3.63) is 87.8 Å². The van der Waals surface area contributed by atoms with Crippen LogP contribution in [-0.4, -0.2) is 45.3 Å². The lowest BCUT2D eigenvalue weighted by molar-refractivity contribution is -0.667. The highest BCUT2D eigenvalue weighted by Gasteiger charge is 2.26. The number of anilines is 1. The third-order valence-corrected chi connectivity index (χ3v) is 10.5. The number of benzene rings is 3. The number of nitrogens with zero attached hydrogens (tertiary/aromatic N) is 2. The minimum absolute atomic E-state index is 0.209. The summed E-state index contributed by atoms with van der Waals surface area (Å²) in [6, 6.07) is 17.9. The number of aromatic nitrogens is 1. The van der Waals surface area contributed by atoms with E-state index in [-0.39, 0.29) is 18.7 Å². The summed E-state index contributed by atoms with van der Waals surface area (Å²) in [5, 5.41) is 4.73. The Bertz CT molecular complexity index is 2000. The van der Waals surface area contributed by atoms with Crippen LogP contribution < -0.4 is 14.2 Å². The van der Waals surface area contributed by atoms with E-state index in [4.69, 9.17) is 4.74 Å². The maximum Gasteiger partial charge on any atom is 0.287 e. The van der Waals surface area contributed by atoms with E-state index in [2.05, 4.69) is 34.9 Å². The molecule has 5 rings (SSSR count). The summed E-state index contributed by atoms with van der Waals surface area (Å²) in [7, 11) is -6.78. The SMILES string of the molecule is CCC(/C=C1\Sc2ccc(OC)cc2N1C/C=C\S(=O)(=O)O)=C\c1sc2ccc3ccccc3c2[n+]1CCCS(=O)(=O)O. The predicted molar refractivity (Wildman–Crippen MR) is 174 cm³/mol. The zero-order chi connectivity index (χ0) is 30.8. The summed E-state index contributed by atoms with van der Waals surface area (Å²) in [6.45, 7) is 2.66. The predicted octanol–water partition coefficient (Wildman–Crippen LogP) is 6.28. The largest absolute Gasteiger partial charge is 0.497 e. The lowest BCUT2D eigenvalue weighted by atomic mass is 10.1. The van der Waals surface area contributed by atoms with Crippen LogP contribution in [0.15, 0.2) is 87.7 Å². The van der Waals surface area contributed by atoms with E-state index in [0.29, 0.717) is 18.7 Å². The molecule has 0 radical (unpaired) electrons. The quantitative estimate of drug-likeness (QED) is 0.141. The molecular formula is C30H31N2O7S4+. The summed E-state index contributed by atoms with van der Waals surface area (Å²) in [4.78, 5) is 2.95. The molecule has 0 bridgehead atoms. The molecule has 0 atom stereocenters. The minimum Gasteiger partial charge on any atom is -0.497 e. The van der Waals surface area contributed by atoms with Gasteiger partial charge in [0.1, 0.15) is 10.4 Å². The van der Waals surface area contributed by atoms with Crippen molar-refractivity contribution in [3.63, 3.8) is 0 Å². The molecule has 0 fully saturated rings. The van der Waals surface area contributed by atoms with Gasteiger partial charge >= 0.3 is 0 Å². The number of hydrogen-bond donors (Lipinski definition) is 2. The lowest BCUT2D eigenvalue weighted by Gasteiger charge is -2.19. The first-order valence-corrected chi connectivity index (χ1v) is 18.2. The van der Waals surface area contributed by atoms with Crippen LogP contribution in [0.2, 0.25) is 0 Å². The Morgan fingerprint density at radius 2 is 1.86 bits per heavy atom. The van der Waals surface area contributed by atoms with Crippen molar-refractivity contribution in [2.45, 2.75) is 31.2 Å². The van der Waals surface area contributed by atoms with Gasteiger partial charge in [-0.05, 0) is 47.7 Å². The standard InChI is InChI=1S/C30H30N2O7S4/c1-3-21(18-28-31(14-6-16-42(33,34)35)25-20-23(39-2)11-13-26(25)40-28)19-29-32(15-7-17-43(36,37)38)30-24-9-5-4-8-22(24)10-12-27(30)41-29/h4-6,8-13,16,18-20H,3,7,14-15,17H2,1-2H3,(H-,33,34,35,36,37,38)/p+1/b16-6-. The smallest absolute Gasteiger partial charge is 0.287 e. The van der Waals surface area contributed by atoms with Crippen molar-refractivity contribution < 1.29 is 35.2 Å². The Hall–Kier alpha value is -3.20. The highest BCUT2D eigenvalue weighted by atomic mass is 32.2. The van der Waals surface area contributed by atoms with Crippen LogP contribution in [0.3, 0.4) is 0 Å². The van der Waals surface area contributed by atoms with E-state index in [9.17, 15) is 25.9 Å². The average molecular weight is 660 g/mol. The van der Waals surface area contributed by atoms with Gasteiger partial charge in [0.05, 0.1) is 34.4 Å². The Kier molecular flexibility index (Phi) is 9.30. The van der Waals surface area contributed by atoms with Gasteiger partial charge in [0.2, 0.25) is 5.52 Å². The minimum atomic E-state index is -4.27. The fraction of sp³-hybridized carbons (Fsp3) is 0.233. The van der Waals surface area contributed by atoms with Gasteiger partial charge in [-0.1, -0.05) is 60.4 Å². The monoisotopic (exact) mass is 659 g/mol. The van der Waals surface area contributed by atoms with Crippen LogP contribution >= 0.6 is 23.1 Å². The summed E-state index contributed by atoms with van der Waals surface area (Å²) in [5.41, 5.74) is 2.88. The number of allylic oxidation sites excluding steroid dienone is 2. The molecule has 9 nitrogen and oxygen atoms in total. The van der Waals surface area contributed by atoms with Crippen molar-refractivity contribution in [1.82, 2.24) is 0 Å². The van der Waals surface area contributed by atoms with Gasteiger partial charge in [0.25, 0.3) is 25.2 Å². The molecule has 0 unspecified atom stereocenters. The topological polar surface area (TPSA) is 125 Å². The Labute approximate surface area is 259 Å². The Balaban J connectivity index is 1.59. The molecule has 0 saturated heterocycles. The van der Waals surface area contributed by atoms with E-state index in [0.717, 1.165) is 52.6 Å². The van der Waals surface area contributed by atoms with Gasteiger partial charge in [-0.15, -0.1) is 0 Å². The van der Waals surface area contributed by atoms with E-state index >= 15 is 0 Å². The number of hydrogen-bond acceptors (Lipinski definition) is 8. The molecule has 43 heavy (non-hydrogen) atoms. The number of rotatable bonds is 11. The first-order valence-electron chi connectivity index (χ1n) is 13.4. The van der Waals surface area contributed by atoms with Crippen LogP contribution in [0, 0.1) is 0 Å². The first-order chi connectivity index (χ1) is 20.5. The molecule has 0 amide bonds. The molecule has 1 aromatic heterocycles. The fourth-order valence-electron chi connectivity index (χ4n) is 4.94. The maximum atomic E-state index is 11.5. The van der Waals surface area contributed by atoms with Crippen molar-refractivity contribution >= 4 is 76.1 Å². The first kappa shape index (κ1) is 31.2. The van der Waals surface area contributed by atoms with E-state index < -0.39 is 20.2 Å². The average Bonchev–Trinajstić information content (AvgIpc) is 3.48. The van der Waals surface area contributed by atoms with Crippen LogP contribution in [0.25, 0.3) is 27.1 Å². The molecule has 0 spiro atoms. The van der Waals surface area contributed by atoms with E-state index in [1.165, 1.54) is 6.08 Å². The van der Waals surface area contributed by atoms with Gasteiger partial charge in [-0.25, -0.2) is 0 Å². The summed E-state index contributed by atoms with van der Waals surface area (Å²) in [5.74, 6) is 0.333. The number of thioether (sulfide) groups is 1. The zero-order valence-corrected chi connectivity index (χ0v) is 26.8. The third kappa shape index (κ3) is 7.48. The highest BCUT2D eigenvalue weighted by molar-refractivity contribution is 8.03. The molecule has 1 aliphatic heterocycles. The number of fused-ring (bicyclic) bond motifs is 4. The second kappa shape index (κ2) is 12.8. The van der Waals surface area contributed by atoms with E-state index in [1.807, 2.05) is 48.2 Å². The van der Waals surface area contributed by atoms with Gasteiger partial charge < -0.3 is 9.64 Å². The van der Waals surface area contributed by atoms with E-state index in [1.54, 1.807) is 30.2 Å². The van der Waals surface area contributed by atoms with Crippen LogP contribution in [-0.2, 0) is 26.8 Å². The molecular weight excluding hydrogens is 629 g/mol. The second-order valence-electron chi connectivity index (χ2n) is 9.85. The summed E-state index contributed by atoms with van der Waals surface area (Å²) < 4.78 is 72.8. The summed E-state index contributed by atoms with van der Waals surface area (Å²) in [6.07, 6.45) is 6.49. The van der Waals surface area contributed by atoms with Crippen LogP contribution in [0.5, 0.6) is 5.75 Å². The fourth-order valence-corrected chi connectivity index (χ4v) is 8.08. The van der Waals surface area contributed by atoms with Gasteiger partial charge in [0.15, 0.2) is 6.54 Å². The zero-order valence-electron chi connectivity index (χ0n) is 23.5. The number of aryl methyl sites for hydroxylation is 1. The van der Waals surface area contributed by atoms with Gasteiger partial charge in [-0.2, -0.15) is 21.4 Å². The third-order valence-electron chi connectivity index (χ3n) is 6.92. The van der Waals surface area contributed by atoms with Crippen molar-refractivity contribution in [1.29, 1.82) is 0 Å². The number of ether oxygens (including phenoxy) is 1. The summed E-state index contributed by atoms with van der Waals surface area (Å²) >= 11 is 3.16.